The van der Waals surface area contributed by atoms with Crippen molar-refractivity contribution in [2.24, 2.45) is 0 Å². The molecule has 0 aliphatic heterocycles. The van der Waals surface area contributed by atoms with E-state index in [2.05, 4.69) is 91.7 Å². The molecular formula is C12H9Br2IS. The van der Waals surface area contributed by atoms with Gasteiger partial charge in [0.1, 0.15) is 0 Å². The van der Waals surface area contributed by atoms with Gasteiger partial charge < -0.3 is 0 Å². The highest BCUT2D eigenvalue weighted by Crippen LogP contribution is 2.40. The maximum absolute atomic E-state index is 3.76. The molecule has 2 aromatic rings. The monoisotopic (exact) mass is 470 g/mol. The van der Waals surface area contributed by atoms with E-state index in [0.29, 0.717) is 0 Å². The summed E-state index contributed by atoms with van der Waals surface area (Å²) in [4.78, 5) is 2.94. The molecule has 1 atom stereocenters. The molecule has 0 nitrogen and oxygen atoms in total. The molecule has 0 saturated heterocycles. The van der Waals surface area contributed by atoms with Crippen LogP contribution in [0.1, 0.15) is 20.1 Å². The first-order chi connectivity index (χ1) is 7.58. The number of hydrogen-bond acceptors (Lipinski definition) is 1. The Bertz CT molecular complexity index is 490. The summed E-state index contributed by atoms with van der Waals surface area (Å²) in [5.41, 5.74) is 1.29. The van der Waals surface area contributed by atoms with Crippen LogP contribution in [0.3, 0.4) is 0 Å². The lowest BCUT2D eigenvalue weighted by Gasteiger charge is -2.09. The summed E-state index contributed by atoms with van der Waals surface area (Å²) in [6.45, 7) is 2.13. The van der Waals surface area contributed by atoms with Crippen LogP contribution in [-0.4, -0.2) is 0 Å². The van der Waals surface area contributed by atoms with Gasteiger partial charge in [0.05, 0.1) is 4.83 Å². The molecule has 0 amide bonds. The lowest BCUT2D eigenvalue weighted by Crippen LogP contribution is -1.90. The molecule has 0 fully saturated rings. The van der Waals surface area contributed by atoms with Crippen molar-refractivity contribution in [1.82, 2.24) is 0 Å². The number of aryl methyl sites for hydroxylation is 1. The van der Waals surface area contributed by atoms with Crippen molar-refractivity contribution in [1.29, 1.82) is 0 Å². The summed E-state index contributed by atoms with van der Waals surface area (Å²) in [6.07, 6.45) is 0. The van der Waals surface area contributed by atoms with Crippen LogP contribution in [0, 0.1) is 10.5 Å². The quantitative estimate of drug-likeness (QED) is 0.377. The Morgan fingerprint density at radius 2 is 1.88 bits per heavy atom. The molecule has 1 aromatic heterocycles. The van der Waals surface area contributed by atoms with Crippen LogP contribution in [0.4, 0.5) is 0 Å². The largest absolute Gasteiger partial charge is 0.143 e. The smallest absolute Gasteiger partial charge is 0.0749 e. The van der Waals surface area contributed by atoms with E-state index >= 15 is 0 Å². The summed E-state index contributed by atoms with van der Waals surface area (Å²) < 4.78 is 2.46. The minimum Gasteiger partial charge on any atom is -0.143 e. The normalized spacial score (nSPS) is 12.8. The Hall–Kier alpha value is 0.610. The molecule has 1 aromatic carbocycles. The van der Waals surface area contributed by atoms with E-state index in [1.807, 2.05) is 11.3 Å². The van der Waals surface area contributed by atoms with Crippen LogP contribution < -0.4 is 0 Å². The highest BCUT2D eigenvalue weighted by Gasteiger charge is 2.15. The van der Waals surface area contributed by atoms with E-state index in [1.54, 1.807) is 0 Å². The first kappa shape index (κ1) is 13.1. The van der Waals surface area contributed by atoms with Gasteiger partial charge in [-0.25, -0.2) is 0 Å². The van der Waals surface area contributed by atoms with E-state index in [4.69, 9.17) is 0 Å². The molecule has 0 saturated carbocycles. The number of rotatable bonds is 2. The Labute approximate surface area is 130 Å². The summed E-state index contributed by atoms with van der Waals surface area (Å²) in [5.74, 6) is 0. The first-order valence-electron chi connectivity index (χ1n) is 4.73. The van der Waals surface area contributed by atoms with Crippen LogP contribution in [-0.2, 0) is 0 Å². The third-order valence-electron chi connectivity index (χ3n) is 2.23. The SMILES string of the molecule is Cc1cc(Br)c(C(Br)c2ccc(I)cc2)s1. The first-order valence-corrected chi connectivity index (χ1v) is 8.33. The maximum Gasteiger partial charge on any atom is 0.0749 e. The zero-order valence-electron chi connectivity index (χ0n) is 8.51. The highest BCUT2D eigenvalue weighted by molar-refractivity contribution is 14.1. The van der Waals surface area contributed by atoms with Crippen LogP contribution in [0.15, 0.2) is 34.8 Å². The molecule has 0 spiro atoms. The van der Waals surface area contributed by atoms with Gasteiger partial charge in [-0.1, -0.05) is 28.1 Å². The van der Waals surface area contributed by atoms with Crippen molar-refractivity contribution in [2.45, 2.75) is 11.8 Å². The van der Waals surface area contributed by atoms with Crippen molar-refractivity contribution in [2.75, 3.05) is 0 Å². The van der Waals surface area contributed by atoms with E-state index in [9.17, 15) is 0 Å². The van der Waals surface area contributed by atoms with Gasteiger partial charge in [0.15, 0.2) is 0 Å². The molecule has 0 aliphatic rings. The molecule has 0 aliphatic carbocycles. The molecule has 2 rings (SSSR count). The Kier molecular flexibility index (Phi) is 4.49. The van der Waals surface area contributed by atoms with Crippen molar-refractivity contribution in [3.8, 4) is 0 Å². The van der Waals surface area contributed by atoms with Gasteiger partial charge in [0, 0.05) is 17.8 Å². The molecular weight excluding hydrogens is 463 g/mol. The molecule has 4 heteroatoms. The second kappa shape index (κ2) is 5.50. The standard InChI is InChI=1S/C12H9Br2IS/c1-7-6-10(13)12(16-7)11(14)8-2-4-9(15)5-3-8/h2-6,11H,1H3. The molecule has 84 valence electrons. The third-order valence-corrected chi connectivity index (χ3v) is 6.27. The van der Waals surface area contributed by atoms with Crippen molar-refractivity contribution < 1.29 is 0 Å². The van der Waals surface area contributed by atoms with Gasteiger partial charge in [-0.15, -0.1) is 11.3 Å². The van der Waals surface area contributed by atoms with Gasteiger partial charge in [-0.3, -0.25) is 0 Å². The molecule has 0 N–H and O–H groups in total. The van der Waals surface area contributed by atoms with Gasteiger partial charge in [-0.05, 0) is 69.2 Å². The van der Waals surface area contributed by atoms with Crippen molar-refractivity contribution >= 4 is 65.8 Å². The zero-order chi connectivity index (χ0) is 11.7. The number of alkyl halides is 1. The topological polar surface area (TPSA) is 0 Å². The maximum atomic E-state index is 3.76. The second-order valence-corrected chi connectivity index (χ2v) is 7.79. The molecule has 0 bridgehead atoms. The van der Waals surface area contributed by atoms with Gasteiger partial charge in [0.2, 0.25) is 0 Å². The lowest BCUT2D eigenvalue weighted by atomic mass is 10.1. The summed E-state index contributed by atoms with van der Waals surface area (Å²) in [6, 6.07) is 10.8. The predicted molar refractivity (Wildman–Crippen MR) is 86.7 cm³/mol. The Morgan fingerprint density at radius 3 is 2.38 bits per heavy atom. The van der Waals surface area contributed by atoms with Gasteiger partial charge >= 0.3 is 0 Å². The molecule has 1 unspecified atom stereocenters. The summed E-state index contributed by atoms with van der Waals surface area (Å²) in [7, 11) is 0. The van der Waals surface area contributed by atoms with Crippen LogP contribution in [0.25, 0.3) is 0 Å². The number of benzene rings is 1. The Balaban J connectivity index is 2.35. The zero-order valence-corrected chi connectivity index (χ0v) is 14.7. The van der Waals surface area contributed by atoms with Crippen molar-refractivity contribution in [3.63, 3.8) is 0 Å². The third kappa shape index (κ3) is 2.89. The van der Waals surface area contributed by atoms with Crippen LogP contribution in [0.5, 0.6) is 0 Å². The Morgan fingerprint density at radius 1 is 1.25 bits per heavy atom. The fraction of sp³-hybridized carbons (Fsp3) is 0.167. The fourth-order valence-electron chi connectivity index (χ4n) is 1.46. The average Bonchev–Trinajstić information content (AvgIpc) is 2.58. The van der Waals surface area contributed by atoms with Crippen molar-refractivity contribution in [3.05, 3.63) is 53.7 Å². The average molecular weight is 472 g/mol. The predicted octanol–water partition coefficient (Wildman–Crippen LogP) is 5.91. The highest BCUT2D eigenvalue weighted by atomic mass is 127. The minimum atomic E-state index is 0.276. The second-order valence-electron chi connectivity index (χ2n) is 3.48. The number of halogens is 3. The summed E-state index contributed by atoms with van der Waals surface area (Å²) >= 11 is 11.5. The van der Waals surface area contributed by atoms with Gasteiger partial charge in [-0.2, -0.15) is 0 Å². The lowest BCUT2D eigenvalue weighted by molar-refractivity contribution is 1.21. The summed E-state index contributed by atoms with van der Waals surface area (Å²) in [5, 5.41) is 0. The van der Waals surface area contributed by atoms with E-state index < -0.39 is 0 Å². The van der Waals surface area contributed by atoms with E-state index in [1.165, 1.54) is 23.4 Å². The molecule has 1 heterocycles. The van der Waals surface area contributed by atoms with E-state index in [0.717, 1.165) is 0 Å². The molecule has 0 radical (unpaired) electrons. The number of hydrogen-bond donors (Lipinski definition) is 0. The fourth-order valence-corrected chi connectivity index (χ4v) is 4.84. The van der Waals surface area contributed by atoms with Crippen LogP contribution in [0.2, 0.25) is 0 Å². The van der Waals surface area contributed by atoms with Crippen LogP contribution >= 0.6 is 65.8 Å². The van der Waals surface area contributed by atoms with E-state index in [-0.39, 0.29) is 4.83 Å². The van der Waals surface area contributed by atoms with Gasteiger partial charge in [0.25, 0.3) is 0 Å². The number of thiophene rings is 1. The minimum absolute atomic E-state index is 0.276. The molecule has 16 heavy (non-hydrogen) atoms.